The molecular weight excluding hydrogens is 254 g/mol. The molecule has 3 amide bonds. The molecule has 0 radical (unpaired) electrons. The van der Waals surface area contributed by atoms with Gasteiger partial charge >= 0.3 is 0 Å². The minimum Gasteiger partial charge on any atom is -0.274 e. The van der Waals surface area contributed by atoms with Crippen LogP contribution in [0.3, 0.4) is 0 Å². The lowest BCUT2D eigenvalue weighted by Gasteiger charge is -2.15. The molecule has 100 valence electrons. The van der Waals surface area contributed by atoms with Gasteiger partial charge in [0.1, 0.15) is 0 Å². The molecule has 2 aliphatic carbocycles. The van der Waals surface area contributed by atoms with Crippen LogP contribution in [0.1, 0.15) is 16.8 Å². The second-order valence-corrected chi connectivity index (χ2v) is 5.68. The molecule has 1 aromatic carbocycles. The molecule has 1 heterocycles. The summed E-state index contributed by atoms with van der Waals surface area (Å²) < 4.78 is 0. The van der Waals surface area contributed by atoms with Gasteiger partial charge in [-0.2, -0.15) is 0 Å². The average Bonchev–Trinajstić information content (AvgIpc) is 3.14. The van der Waals surface area contributed by atoms with E-state index < -0.39 is 5.91 Å². The lowest BCUT2D eigenvalue weighted by Crippen LogP contribution is -2.38. The van der Waals surface area contributed by atoms with Crippen molar-refractivity contribution in [2.24, 2.45) is 23.7 Å². The van der Waals surface area contributed by atoms with Crippen LogP contribution in [-0.4, -0.2) is 22.6 Å². The third-order valence-electron chi connectivity index (χ3n) is 4.69. The van der Waals surface area contributed by atoms with Gasteiger partial charge in [-0.25, -0.2) is 4.90 Å². The summed E-state index contributed by atoms with van der Waals surface area (Å²) in [5.74, 6) is -1.48. The summed E-state index contributed by atoms with van der Waals surface area (Å²) in [6.45, 7) is 0. The highest BCUT2D eigenvalue weighted by Gasteiger charge is 2.60. The highest BCUT2D eigenvalue weighted by molar-refractivity contribution is 6.21. The number of carbonyl (C=O) groups is 3. The Kier molecular flexibility index (Phi) is 2.25. The first-order valence-electron chi connectivity index (χ1n) is 6.84. The van der Waals surface area contributed by atoms with Gasteiger partial charge < -0.3 is 0 Å². The molecule has 3 aliphatic rings. The van der Waals surface area contributed by atoms with Gasteiger partial charge in [0.2, 0.25) is 11.8 Å². The number of carbonyl (C=O) groups excluding carboxylic acids is 3. The summed E-state index contributed by atoms with van der Waals surface area (Å²) in [6, 6.07) is 8.51. The lowest BCUT2D eigenvalue weighted by molar-refractivity contribution is -0.137. The normalized spacial score (nSPS) is 33.9. The SMILES string of the molecule is O=C(c1ccccc1)N1C(=O)C2C3C=CC(C3)C2C1=O. The maximum atomic E-state index is 12.5. The van der Waals surface area contributed by atoms with Gasteiger partial charge in [-0.15, -0.1) is 0 Å². The molecule has 20 heavy (non-hydrogen) atoms. The Morgan fingerprint density at radius 2 is 1.50 bits per heavy atom. The molecule has 1 aromatic rings. The third kappa shape index (κ3) is 1.33. The molecule has 0 N–H and O–H groups in total. The van der Waals surface area contributed by atoms with E-state index >= 15 is 0 Å². The number of amides is 3. The number of hydrogen-bond acceptors (Lipinski definition) is 3. The fraction of sp³-hybridized carbons (Fsp3) is 0.312. The van der Waals surface area contributed by atoms with E-state index in [1.807, 2.05) is 12.2 Å². The van der Waals surface area contributed by atoms with Gasteiger partial charge in [0.05, 0.1) is 11.8 Å². The zero-order chi connectivity index (χ0) is 13.9. The van der Waals surface area contributed by atoms with Gasteiger partial charge in [0.15, 0.2) is 0 Å². The second-order valence-electron chi connectivity index (χ2n) is 5.68. The Morgan fingerprint density at radius 3 is 2.05 bits per heavy atom. The number of nitrogens with zero attached hydrogens (tertiary/aromatic N) is 1. The highest BCUT2D eigenvalue weighted by atomic mass is 16.2. The van der Waals surface area contributed by atoms with Crippen molar-refractivity contribution in [1.82, 2.24) is 4.90 Å². The van der Waals surface area contributed by atoms with Gasteiger partial charge in [-0.3, -0.25) is 14.4 Å². The predicted molar refractivity (Wildman–Crippen MR) is 70.3 cm³/mol. The van der Waals surface area contributed by atoms with Gasteiger partial charge in [0, 0.05) is 5.56 Å². The Morgan fingerprint density at radius 1 is 0.950 bits per heavy atom. The van der Waals surface area contributed by atoms with E-state index in [4.69, 9.17) is 0 Å². The van der Waals surface area contributed by atoms with Crippen LogP contribution in [0, 0.1) is 23.7 Å². The fourth-order valence-electron chi connectivity index (χ4n) is 3.81. The zero-order valence-corrected chi connectivity index (χ0v) is 10.7. The standard InChI is InChI=1S/C16H13NO3/c18-14(9-4-2-1-3-5-9)17-15(19)12-10-6-7-11(8-10)13(12)16(17)20/h1-7,10-13H,8H2. The van der Waals surface area contributed by atoms with E-state index in [-0.39, 0.29) is 35.5 Å². The molecule has 2 bridgehead atoms. The summed E-state index contributed by atoms with van der Waals surface area (Å²) in [4.78, 5) is 38.2. The van der Waals surface area contributed by atoms with Crippen LogP contribution in [0.15, 0.2) is 42.5 Å². The van der Waals surface area contributed by atoms with Crippen LogP contribution in [0.4, 0.5) is 0 Å². The van der Waals surface area contributed by atoms with Gasteiger partial charge in [-0.05, 0) is 30.4 Å². The van der Waals surface area contributed by atoms with Crippen molar-refractivity contribution in [3.05, 3.63) is 48.0 Å². The van der Waals surface area contributed by atoms with Crippen LogP contribution < -0.4 is 0 Å². The number of likely N-dealkylation sites (tertiary alicyclic amines) is 1. The molecule has 1 saturated carbocycles. The van der Waals surface area contributed by atoms with Crippen molar-refractivity contribution >= 4 is 17.7 Å². The van der Waals surface area contributed by atoms with Crippen LogP contribution in [-0.2, 0) is 9.59 Å². The van der Waals surface area contributed by atoms with Crippen molar-refractivity contribution in [3.63, 3.8) is 0 Å². The average molecular weight is 267 g/mol. The highest BCUT2D eigenvalue weighted by Crippen LogP contribution is 2.52. The number of imide groups is 3. The van der Waals surface area contributed by atoms with Crippen molar-refractivity contribution < 1.29 is 14.4 Å². The molecule has 4 nitrogen and oxygen atoms in total. The summed E-state index contributed by atoms with van der Waals surface area (Å²) in [5, 5.41) is 0. The Hall–Kier alpha value is -2.23. The van der Waals surface area contributed by atoms with Crippen LogP contribution in [0.25, 0.3) is 0 Å². The van der Waals surface area contributed by atoms with Crippen molar-refractivity contribution in [2.75, 3.05) is 0 Å². The molecule has 4 rings (SSSR count). The first-order valence-corrected chi connectivity index (χ1v) is 6.84. The van der Waals surface area contributed by atoms with E-state index in [0.717, 1.165) is 11.3 Å². The number of hydrogen-bond donors (Lipinski definition) is 0. The molecule has 0 spiro atoms. The van der Waals surface area contributed by atoms with E-state index in [1.165, 1.54) is 0 Å². The summed E-state index contributed by atoms with van der Waals surface area (Å²) in [6.07, 6.45) is 4.92. The molecular formula is C16H13NO3. The first kappa shape index (κ1) is 11.6. The smallest absolute Gasteiger partial charge is 0.267 e. The molecule has 1 saturated heterocycles. The minimum atomic E-state index is -0.491. The largest absolute Gasteiger partial charge is 0.274 e. The van der Waals surface area contributed by atoms with E-state index in [0.29, 0.717) is 5.56 Å². The van der Waals surface area contributed by atoms with Crippen LogP contribution >= 0.6 is 0 Å². The van der Waals surface area contributed by atoms with Crippen LogP contribution in [0.5, 0.6) is 0 Å². The quantitative estimate of drug-likeness (QED) is 0.574. The van der Waals surface area contributed by atoms with Crippen molar-refractivity contribution in [2.45, 2.75) is 6.42 Å². The molecule has 4 atom stereocenters. The number of allylic oxidation sites excluding steroid dienone is 2. The Bertz CT molecular complexity index is 619. The zero-order valence-electron chi connectivity index (χ0n) is 10.7. The number of benzene rings is 1. The monoisotopic (exact) mass is 267 g/mol. The van der Waals surface area contributed by atoms with E-state index in [2.05, 4.69) is 0 Å². The van der Waals surface area contributed by atoms with Gasteiger partial charge in [0.25, 0.3) is 5.91 Å². The van der Waals surface area contributed by atoms with E-state index in [9.17, 15) is 14.4 Å². The molecule has 2 fully saturated rings. The summed E-state index contributed by atoms with van der Waals surface area (Å²) >= 11 is 0. The maximum Gasteiger partial charge on any atom is 0.267 e. The molecule has 0 aromatic heterocycles. The molecule has 4 heteroatoms. The van der Waals surface area contributed by atoms with E-state index in [1.54, 1.807) is 30.3 Å². The van der Waals surface area contributed by atoms with Crippen LogP contribution in [0.2, 0.25) is 0 Å². The number of fused-ring (bicyclic) bond motifs is 5. The first-order chi connectivity index (χ1) is 9.68. The number of rotatable bonds is 1. The fourth-order valence-corrected chi connectivity index (χ4v) is 3.81. The summed E-state index contributed by atoms with van der Waals surface area (Å²) in [7, 11) is 0. The minimum absolute atomic E-state index is 0.134. The lowest BCUT2D eigenvalue weighted by atomic mass is 9.85. The molecule has 1 aliphatic heterocycles. The van der Waals surface area contributed by atoms with Crippen molar-refractivity contribution in [1.29, 1.82) is 0 Å². The van der Waals surface area contributed by atoms with Crippen molar-refractivity contribution in [3.8, 4) is 0 Å². The maximum absolute atomic E-state index is 12.5. The van der Waals surface area contributed by atoms with Gasteiger partial charge in [-0.1, -0.05) is 30.4 Å². The second kappa shape index (κ2) is 3.88. The molecule has 4 unspecified atom stereocenters. The topological polar surface area (TPSA) is 54.5 Å². The Labute approximate surface area is 116 Å². The summed E-state index contributed by atoms with van der Waals surface area (Å²) in [5.41, 5.74) is 0.384. The third-order valence-corrected chi connectivity index (χ3v) is 4.69. The Balaban J connectivity index is 1.70. The predicted octanol–water partition coefficient (Wildman–Crippen LogP) is 1.63.